The van der Waals surface area contributed by atoms with Crippen LogP contribution in [0.25, 0.3) is 0 Å². The van der Waals surface area contributed by atoms with Gasteiger partial charge in [-0.1, -0.05) is 19.1 Å². The number of rotatable bonds is 6. The maximum absolute atomic E-state index is 3.75. The van der Waals surface area contributed by atoms with Crippen molar-refractivity contribution < 1.29 is 0 Å². The van der Waals surface area contributed by atoms with Crippen molar-refractivity contribution in [1.82, 2.24) is 10.2 Å². The highest BCUT2D eigenvalue weighted by Gasteiger charge is 2.15. The third-order valence-corrected chi connectivity index (χ3v) is 4.41. The summed E-state index contributed by atoms with van der Waals surface area (Å²) in [5.74, 6) is 0. The Bertz CT molecular complexity index is 399. The van der Waals surface area contributed by atoms with Gasteiger partial charge in [0.05, 0.1) is 0 Å². The smallest absolute Gasteiger partial charge is 0.0361 e. The molecule has 1 atom stereocenters. The summed E-state index contributed by atoms with van der Waals surface area (Å²) in [7, 11) is 4.17. The van der Waals surface area contributed by atoms with Crippen LogP contribution in [0, 0.1) is 0 Å². The molecule has 1 unspecified atom stereocenters. The Kier molecular flexibility index (Phi) is 6.52. The second-order valence-electron chi connectivity index (χ2n) is 6.41. The first-order valence-electron chi connectivity index (χ1n) is 8.41. The van der Waals surface area contributed by atoms with Crippen LogP contribution in [0.2, 0.25) is 0 Å². The fourth-order valence-electron chi connectivity index (χ4n) is 3.07. The normalized spacial score (nSPS) is 20.2. The van der Waals surface area contributed by atoms with E-state index in [0.29, 0.717) is 6.04 Å². The zero-order valence-corrected chi connectivity index (χ0v) is 13.9. The van der Waals surface area contributed by atoms with E-state index in [9.17, 15) is 0 Å². The summed E-state index contributed by atoms with van der Waals surface area (Å²) in [4.78, 5) is 4.76. The van der Waals surface area contributed by atoms with Crippen molar-refractivity contribution in [2.75, 3.05) is 38.6 Å². The zero-order valence-electron chi connectivity index (χ0n) is 13.9. The molecule has 1 aromatic rings. The Labute approximate surface area is 130 Å². The molecule has 3 heteroatoms. The maximum atomic E-state index is 3.75. The molecule has 1 aliphatic rings. The number of hydrogen-bond donors (Lipinski definition) is 1. The van der Waals surface area contributed by atoms with Gasteiger partial charge in [0.2, 0.25) is 0 Å². The molecule has 0 bridgehead atoms. The summed E-state index contributed by atoms with van der Waals surface area (Å²) in [6.07, 6.45) is 5.21. The molecule has 1 saturated heterocycles. The van der Waals surface area contributed by atoms with E-state index in [0.717, 1.165) is 6.54 Å². The zero-order chi connectivity index (χ0) is 15.1. The Morgan fingerprint density at radius 3 is 2.57 bits per heavy atom. The number of nitrogens with one attached hydrogen (secondary N) is 1. The predicted molar refractivity (Wildman–Crippen MR) is 92.0 cm³/mol. The number of nitrogens with zero attached hydrogens (tertiary/aromatic N) is 2. The van der Waals surface area contributed by atoms with Crippen LogP contribution in [0.15, 0.2) is 24.3 Å². The number of likely N-dealkylation sites (tertiary alicyclic amines) is 1. The monoisotopic (exact) mass is 289 g/mol. The molecule has 21 heavy (non-hydrogen) atoms. The van der Waals surface area contributed by atoms with Crippen LogP contribution in [0.5, 0.6) is 0 Å². The van der Waals surface area contributed by atoms with Gasteiger partial charge in [-0.15, -0.1) is 0 Å². The molecule has 1 fully saturated rings. The summed E-state index contributed by atoms with van der Waals surface area (Å²) in [5, 5.41) is 3.75. The molecule has 0 spiro atoms. The van der Waals surface area contributed by atoms with Crippen LogP contribution in [0.1, 0.15) is 38.2 Å². The lowest BCUT2D eigenvalue weighted by Crippen LogP contribution is -2.30. The molecule has 118 valence electrons. The highest BCUT2D eigenvalue weighted by molar-refractivity contribution is 5.45. The van der Waals surface area contributed by atoms with Crippen LogP contribution in [0.4, 0.5) is 5.69 Å². The highest BCUT2D eigenvalue weighted by atomic mass is 15.1. The minimum Gasteiger partial charge on any atom is -0.378 e. The van der Waals surface area contributed by atoms with Crippen molar-refractivity contribution >= 4 is 5.69 Å². The molecule has 3 nitrogen and oxygen atoms in total. The molecule has 0 aromatic heterocycles. The minimum absolute atomic E-state index is 0.681. The quantitative estimate of drug-likeness (QED) is 0.868. The number of benzene rings is 1. The molecule has 0 aliphatic carbocycles. The van der Waals surface area contributed by atoms with Gasteiger partial charge in [0.1, 0.15) is 0 Å². The van der Waals surface area contributed by atoms with E-state index in [1.807, 2.05) is 0 Å². The molecular formula is C18H31N3. The first-order chi connectivity index (χ1) is 10.2. The summed E-state index contributed by atoms with van der Waals surface area (Å²) in [6, 6.07) is 9.56. The minimum atomic E-state index is 0.681. The fourth-order valence-corrected chi connectivity index (χ4v) is 3.07. The molecule has 0 radical (unpaired) electrons. The lowest BCUT2D eigenvalue weighted by atomic mass is 10.1. The van der Waals surface area contributed by atoms with Crippen LogP contribution in [0.3, 0.4) is 0 Å². The van der Waals surface area contributed by atoms with E-state index in [4.69, 9.17) is 0 Å². The van der Waals surface area contributed by atoms with Gasteiger partial charge in [-0.05, 0) is 63.0 Å². The average molecular weight is 289 g/mol. The SMILES string of the molecule is CCCN1CCCC(NCc2ccc(N(C)C)cc2)CC1. The van der Waals surface area contributed by atoms with Crippen molar-refractivity contribution in [2.24, 2.45) is 0 Å². The van der Waals surface area contributed by atoms with E-state index in [2.05, 4.69) is 60.4 Å². The lowest BCUT2D eigenvalue weighted by Gasteiger charge is -2.19. The topological polar surface area (TPSA) is 18.5 Å². The van der Waals surface area contributed by atoms with Gasteiger partial charge in [-0.3, -0.25) is 0 Å². The fraction of sp³-hybridized carbons (Fsp3) is 0.667. The van der Waals surface area contributed by atoms with Gasteiger partial charge in [-0.2, -0.15) is 0 Å². The van der Waals surface area contributed by atoms with Crippen molar-refractivity contribution in [2.45, 2.75) is 45.2 Å². The van der Waals surface area contributed by atoms with Crippen LogP contribution < -0.4 is 10.2 Å². The van der Waals surface area contributed by atoms with Gasteiger partial charge < -0.3 is 15.1 Å². The van der Waals surface area contributed by atoms with Gasteiger partial charge in [-0.25, -0.2) is 0 Å². The van der Waals surface area contributed by atoms with Crippen molar-refractivity contribution in [3.8, 4) is 0 Å². The Hall–Kier alpha value is -1.06. The number of anilines is 1. The highest BCUT2D eigenvalue weighted by Crippen LogP contribution is 2.14. The molecule has 1 N–H and O–H groups in total. The molecule has 1 heterocycles. The average Bonchev–Trinajstić information content (AvgIpc) is 2.71. The molecule has 1 aliphatic heterocycles. The Morgan fingerprint density at radius 1 is 1.14 bits per heavy atom. The van der Waals surface area contributed by atoms with E-state index in [-0.39, 0.29) is 0 Å². The maximum Gasteiger partial charge on any atom is 0.0361 e. The second kappa shape index (κ2) is 8.40. The standard InChI is InChI=1S/C18H31N3/c1-4-12-21-13-5-6-17(11-14-21)19-15-16-7-9-18(10-8-16)20(2)3/h7-10,17,19H,4-6,11-15H2,1-3H3. The summed E-state index contributed by atoms with van der Waals surface area (Å²) in [6.45, 7) is 7.07. The van der Waals surface area contributed by atoms with Crippen molar-refractivity contribution in [1.29, 1.82) is 0 Å². The molecule has 1 aromatic carbocycles. The first-order valence-corrected chi connectivity index (χ1v) is 8.41. The van der Waals surface area contributed by atoms with Gasteiger partial charge >= 0.3 is 0 Å². The Morgan fingerprint density at radius 2 is 1.90 bits per heavy atom. The molecule has 0 amide bonds. The molecular weight excluding hydrogens is 258 g/mol. The Balaban J connectivity index is 1.77. The van der Waals surface area contributed by atoms with Crippen molar-refractivity contribution in [3.63, 3.8) is 0 Å². The van der Waals surface area contributed by atoms with E-state index >= 15 is 0 Å². The van der Waals surface area contributed by atoms with Crippen LogP contribution in [-0.4, -0.2) is 44.7 Å². The lowest BCUT2D eigenvalue weighted by molar-refractivity contribution is 0.282. The largest absolute Gasteiger partial charge is 0.378 e. The third kappa shape index (κ3) is 5.33. The second-order valence-corrected chi connectivity index (χ2v) is 6.41. The third-order valence-electron chi connectivity index (χ3n) is 4.41. The molecule has 0 saturated carbocycles. The van der Waals surface area contributed by atoms with E-state index in [1.165, 1.54) is 56.6 Å². The summed E-state index contributed by atoms with van der Waals surface area (Å²) >= 11 is 0. The van der Waals surface area contributed by atoms with Gasteiger partial charge in [0, 0.05) is 32.4 Å². The van der Waals surface area contributed by atoms with Crippen LogP contribution >= 0.6 is 0 Å². The van der Waals surface area contributed by atoms with E-state index in [1.54, 1.807) is 0 Å². The van der Waals surface area contributed by atoms with Gasteiger partial charge in [0.25, 0.3) is 0 Å². The van der Waals surface area contributed by atoms with Gasteiger partial charge in [0.15, 0.2) is 0 Å². The summed E-state index contributed by atoms with van der Waals surface area (Å²) in [5.41, 5.74) is 2.65. The summed E-state index contributed by atoms with van der Waals surface area (Å²) < 4.78 is 0. The number of hydrogen-bond acceptors (Lipinski definition) is 3. The predicted octanol–water partition coefficient (Wildman–Crippen LogP) is 3.11. The molecule has 2 rings (SSSR count). The first kappa shape index (κ1) is 16.3. The van der Waals surface area contributed by atoms with E-state index < -0.39 is 0 Å². The van der Waals surface area contributed by atoms with Crippen molar-refractivity contribution in [3.05, 3.63) is 29.8 Å². The van der Waals surface area contributed by atoms with Crippen LogP contribution in [-0.2, 0) is 6.54 Å².